The molecule has 0 aliphatic carbocycles. The average molecular weight is 328 g/mol. The molecule has 2 rings (SSSR count). The van der Waals surface area contributed by atoms with Gasteiger partial charge in [0.1, 0.15) is 0 Å². The third kappa shape index (κ3) is 4.65. The lowest BCUT2D eigenvalue weighted by Crippen LogP contribution is -2.39. The van der Waals surface area contributed by atoms with Gasteiger partial charge in [-0.3, -0.25) is 9.00 Å². The number of amides is 1. The van der Waals surface area contributed by atoms with Crippen molar-refractivity contribution in [3.05, 3.63) is 21.4 Å². The Morgan fingerprint density at radius 2 is 2.19 bits per heavy atom. The van der Waals surface area contributed by atoms with Crippen LogP contribution in [0.15, 0.2) is 6.07 Å². The maximum Gasteiger partial charge on any atom is 0.222 e. The van der Waals surface area contributed by atoms with Crippen LogP contribution in [-0.2, 0) is 22.0 Å². The van der Waals surface area contributed by atoms with Crippen LogP contribution in [0.25, 0.3) is 0 Å². The Hall–Kier alpha value is -0.680. The molecule has 0 bridgehead atoms. The van der Waals surface area contributed by atoms with Crippen LogP contribution in [-0.4, -0.2) is 39.1 Å². The van der Waals surface area contributed by atoms with E-state index in [2.05, 4.69) is 26.8 Å². The van der Waals surface area contributed by atoms with Gasteiger partial charge < -0.3 is 4.90 Å². The number of hydrogen-bond donors (Lipinski definition) is 0. The maximum absolute atomic E-state index is 12.4. The predicted octanol–water partition coefficient (Wildman–Crippen LogP) is 3.06. The first-order valence-corrected chi connectivity index (χ1v) is 9.98. The molecule has 1 saturated heterocycles. The Balaban J connectivity index is 1.83. The Morgan fingerprint density at radius 3 is 2.86 bits per heavy atom. The van der Waals surface area contributed by atoms with Crippen LogP contribution in [0.1, 0.15) is 41.5 Å². The molecule has 0 saturated carbocycles. The largest absolute Gasteiger partial charge is 0.339 e. The second kappa shape index (κ2) is 7.54. The summed E-state index contributed by atoms with van der Waals surface area (Å²) in [5, 5.41) is 0. The summed E-state index contributed by atoms with van der Waals surface area (Å²) in [6.45, 7) is 7.02. The molecule has 1 aliphatic heterocycles. The van der Waals surface area contributed by atoms with Crippen LogP contribution in [0.5, 0.6) is 0 Å². The summed E-state index contributed by atoms with van der Waals surface area (Å²) in [7, 11) is -0.744. The molecule has 5 heteroatoms. The molecule has 118 valence electrons. The van der Waals surface area contributed by atoms with E-state index in [1.165, 1.54) is 15.3 Å². The summed E-state index contributed by atoms with van der Waals surface area (Å²) in [4.78, 5) is 17.0. The van der Waals surface area contributed by atoms with E-state index < -0.39 is 10.8 Å². The number of thiophene rings is 1. The van der Waals surface area contributed by atoms with E-state index in [1.54, 1.807) is 0 Å². The number of carbonyl (C=O) groups excluding carboxylic acids is 1. The highest BCUT2D eigenvalue weighted by molar-refractivity contribution is 7.85. The molecule has 2 atom stereocenters. The third-order valence-corrected chi connectivity index (χ3v) is 6.49. The molecule has 0 N–H and O–H groups in total. The van der Waals surface area contributed by atoms with Gasteiger partial charge in [-0.15, -0.1) is 11.3 Å². The van der Waals surface area contributed by atoms with E-state index in [1.807, 2.05) is 16.2 Å². The van der Waals surface area contributed by atoms with Crippen molar-refractivity contribution in [1.82, 2.24) is 4.90 Å². The zero-order valence-corrected chi connectivity index (χ0v) is 14.8. The molecule has 1 amide bonds. The van der Waals surface area contributed by atoms with Gasteiger partial charge in [-0.05, 0) is 51.7 Å². The highest BCUT2D eigenvalue weighted by Gasteiger charge is 2.23. The first-order chi connectivity index (χ1) is 9.97. The van der Waals surface area contributed by atoms with Crippen LogP contribution in [0.3, 0.4) is 0 Å². The molecule has 0 unspecified atom stereocenters. The SMILES string of the molecule is Cc1cc(CCCC(=O)N2CC[S@](=O)CC[C@@H]2C)c(C)s1. The van der Waals surface area contributed by atoms with Crippen molar-refractivity contribution in [3.63, 3.8) is 0 Å². The van der Waals surface area contributed by atoms with Crippen molar-refractivity contribution in [3.8, 4) is 0 Å². The van der Waals surface area contributed by atoms with Crippen molar-refractivity contribution in [2.75, 3.05) is 18.1 Å². The van der Waals surface area contributed by atoms with Crippen LogP contribution in [0, 0.1) is 13.8 Å². The predicted molar refractivity (Wildman–Crippen MR) is 90.4 cm³/mol. The van der Waals surface area contributed by atoms with E-state index in [4.69, 9.17) is 0 Å². The second-order valence-corrected chi connectivity index (χ2v) is 9.02. The lowest BCUT2D eigenvalue weighted by atomic mass is 10.1. The molecule has 2 heterocycles. The van der Waals surface area contributed by atoms with Gasteiger partial charge in [0.25, 0.3) is 0 Å². The zero-order chi connectivity index (χ0) is 15.4. The van der Waals surface area contributed by atoms with E-state index in [0.29, 0.717) is 18.7 Å². The summed E-state index contributed by atoms with van der Waals surface area (Å²) in [5.74, 6) is 1.60. The monoisotopic (exact) mass is 327 g/mol. The third-order valence-electron chi connectivity index (χ3n) is 4.16. The molecule has 1 aromatic rings. The van der Waals surface area contributed by atoms with E-state index in [0.717, 1.165) is 25.0 Å². The van der Waals surface area contributed by atoms with E-state index in [9.17, 15) is 9.00 Å². The lowest BCUT2D eigenvalue weighted by molar-refractivity contribution is -0.132. The summed E-state index contributed by atoms with van der Waals surface area (Å²) in [6, 6.07) is 2.47. The quantitative estimate of drug-likeness (QED) is 0.852. The topological polar surface area (TPSA) is 37.4 Å². The summed E-state index contributed by atoms with van der Waals surface area (Å²) in [6.07, 6.45) is 3.35. The Bertz CT molecular complexity index is 524. The van der Waals surface area contributed by atoms with Crippen molar-refractivity contribution < 1.29 is 9.00 Å². The van der Waals surface area contributed by atoms with Gasteiger partial charge in [0.05, 0.1) is 0 Å². The molecule has 0 radical (unpaired) electrons. The summed E-state index contributed by atoms with van der Waals surface area (Å²) >= 11 is 1.83. The fourth-order valence-electron chi connectivity index (χ4n) is 2.86. The molecular weight excluding hydrogens is 302 g/mol. The van der Waals surface area contributed by atoms with Gasteiger partial charge in [-0.1, -0.05) is 0 Å². The minimum absolute atomic E-state index is 0.228. The van der Waals surface area contributed by atoms with Crippen LogP contribution in [0.4, 0.5) is 0 Å². The molecule has 0 spiro atoms. The van der Waals surface area contributed by atoms with Crippen molar-refractivity contribution in [2.45, 2.75) is 52.5 Å². The highest BCUT2D eigenvalue weighted by Crippen LogP contribution is 2.22. The van der Waals surface area contributed by atoms with Crippen LogP contribution in [0.2, 0.25) is 0 Å². The minimum atomic E-state index is -0.744. The molecule has 1 aromatic heterocycles. The highest BCUT2D eigenvalue weighted by atomic mass is 32.2. The number of carbonyl (C=O) groups is 1. The molecule has 21 heavy (non-hydrogen) atoms. The first kappa shape index (κ1) is 16.7. The van der Waals surface area contributed by atoms with Crippen LogP contribution >= 0.6 is 11.3 Å². The van der Waals surface area contributed by atoms with E-state index in [-0.39, 0.29) is 11.9 Å². The van der Waals surface area contributed by atoms with Crippen molar-refractivity contribution >= 4 is 28.0 Å². The fourth-order valence-corrected chi connectivity index (χ4v) is 5.04. The molecule has 1 aliphatic rings. The Labute approximate surface area is 134 Å². The smallest absolute Gasteiger partial charge is 0.222 e. The maximum atomic E-state index is 12.4. The molecule has 0 aromatic carbocycles. The molecule has 3 nitrogen and oxygen atoms in total. The number of hydrogen-bond acceptors (Lipinski definition) is 3. The number of rotatable bonds is 4. The van der Waals surface area contributed by atoms with Gasteiger partial charge in [0.2, 0.25) is 5.91 Å². The van der Waals surface area contributed by atoms with Gasteiger partial charge in [0, 0.05) is 51.1 Å². The van der Waals surface area contributed by atoms with Crippen molar-refractivity contribution in [1.29, 1.82) is 0 Å². The Kier molecular flexibility index (Phi) is 5.99. The molecular formula is C16H25NO2S2. The number of nitrogens with zero attached hydrogens (tertiary/aromatic N) is 1. The van der Waals surface area contributed by atoms with E-state index >= 15 is 0 Å². The molecule has 1 fully saturated rings. The summed E-state index contributed by atoms with van der Waals surface area (Å²) in [5.41, 5.74) is 1.38. The van der Waals surface area contributed by atoms with Crippen LogP contribution < -0.4 is 0 Å². The number of aryl methyl sites for hydroxylation is 3. The van der Waals surface area contributed by atoms with Gasteiger partial charge in [0.15, 0.2) is 0 Å². The Morgan fingerprint density at radius 1 is 1.43 bits per heavy atom. The standard InChI is InChI=1S/C16H25NO2S2/c1-12-7-9-21(19)10-8-17(12)16(18)6-4-5-15-11-13(2)20-14(15)3/h11-12H,4-10H2,1-3H3/t12-,21+/m0/s1. The van der Waals surface area contributed by atoms with Gasteiger partial charge in [-0.25, -0.2) is 0 Å². The van der Waals surface area contributed by atoms with Gasteiger partial charge in [-0.2, -0.15) is 0 Å². The summed E-state index contributed by atoms with van der Waals surface area (Å²) < 4.78 is 11.6. The zero-order valence-electron chi connectivity index (χ0n) is 13.2. The second-order valence-electron chi connectivity index (χ2n) is 5.86. The normalized spacial score (nSPS) is 23.1. The van der Waals surface area contributed by atoms with Crippen molar-refractivity contribution in [2.24, 2.45) is 0 Å². The minimum Gasteiger partial charge on any atom is -0.339 e. The fraction of sp³-hybridized carbons (Fsp3) is 0.688. The average Bonchev–Trinajstić information content (AvgIpc) is 2.64. The van der Waals surface area contributed by atoms with Gasteiger partial charge >= 0.3 is 0 Å². The first-order valence-electron chi connectivity index (χ1n) is 7.67. The lowest BCUT2D eigenvalue weighted by Gasteiger charge is -2.26.